The molecule has 0 aliphatic carbocycles. The molecule has 0 aromatic heterocycles. The average Bonchev–Trinajstić information content (AvgIpc) is 2.94. The Bertz CT molecular complexity index is 728. The van der Waals surface area contributed by atoms with Gasteiger partial charge in [-0.25, -0.2) is 13.2 Å². The molecule has 0 saturated carbocycles. The minimum absolute atomic E-state index is 0.00906. The smallest absolute Gasteiger partial charge is 0.321 e. The maximum atomic E-state index is 12.3. The Morgan fingerprint density at radius 2 is 1.68 bits per heavy atom. The molecule has 2 heterocycles. The summed E-state index contributed by atoms with van der Waals surface area (Å²) in [5, 5.41) is 2.84. The van der Waals surface area contributed by atoms with E-state index in [4.69, 9.17) is 0 Å². The van der Waals surface area contributed by atoms with E-state index in [0.29, 0.717) is 32.6 Å². The Hall–Kier alpha value is -2.09. The molecule has 8 heteroatoms. The highest BCUT2D eigenvalue weighted by Gasteiger charge is 2.32. The highest BCUT2D eigenvalue weighted by Crippen LogP contribution is 2.22. The first-order chi connectivity index (χ1) is 11.9. The number of sulfone groups is 1. The number of carbonyl (C=O) groups excluding carboxylic acids is 2. The van der Waals surface area contributed by atoms with E-state index in [1.165, 1.54) is 0 Å². The van der Waals surface area contributed by atoms with Crippen LogP contribution in [0.2, 0.25) is 0 Å². The number of urea groups is 1. The number of para-hydroxylation sites is 1. The fraction of sp³-hybridized carbons (Fsp3) is 0.529. The quantitative estimate of drug-likeness (QED) is 0.872. The van der Waals surface area contributed by atoms with Crippen molar-refractivity contribution in [1.82, 2.24) is 9.80 Å². The predicted octanol–water partition coefficient (Wildman–Crippen LogP) is 1.19. The third kappa shape index (κ3) is 4.72. The van der Waals surface area contributed by atoms with Crippen molar-refractivity contribution in [2.75, 3.05) is 43.0 Å². The van der Waals surface area contributed by atoms with Crippen molar-refractivity contribution in [3.05, 3.63) is 30.3 Å². The van der Waals surface area contributed by atoms with Crippen LogP contribution in [0, 0.1) is 5.92 Å². The lowest BCUT2D eigenvalue weighted by atomic mass is 10.0. The highest BCUT2D eigenvalue weighted by molar-refractivity contribution is 7.91. The van der Waals surface area contributed by atoms with Crippen molar-refractivity contribution >= 4 is 27.5 Å². The maximum Gasteiger partial charge on any atom is 0.321 e. The van der Waals surface area contributed by atoms with Crippen molar-refractivity contribution in [3.63, 3.8) is 0 Å². The van der Waals surface area contributed by atoms with Crippen LogP contribution in [0.5, 0.6) is 0 Å². The SMILES string of the molecule is O=C(CC1CCS(=O)(=O)C1)N1CCN(C(=O)Nc2ccccc2)CC1. The molecule has 3 rings (SSSR count). The first kappa shape index (κ1) is 17.7. The summed E-state index contributed by atoms with van der Waals surface area (Å²) in [5.41, 5.74) is 0.744. The van der Waals surface area contributed by atoms with E-state index in [1.54, 1.807) is 9.80 Å². The molecular weight excluding hydrogens is 342 g/mol. The first-order valence-corrected chi connectivity index (χ1v) is 10.3. The molecule has 136 valence electrons. The van der Waals surface area contributed by atoms with E-state index in [-0.39, 0.29) is 35.8 Å². The van der Waals surface area contributed by atoms with Crippen LogP contribution in [0.4, 0.5) is 10.5 Å². The van der Waals surface area contributed by atoms with Gasteiger partial charge in [-0.1, -0.05) is 18.2 Å². The van der Waals surface area contributed by atoms with Crippen LogP contribution in [0.15, 0.2) is 30.3 Å². The van der Waals surface area contributed by atoms with E-state index in [2.05, 4.69) is 5.32 Å². The summed E-state index contributed by atoms with van der Waals surface area (Å²) in [5.74, 6) is 0.249. The second-order valence-electron chi connectivity index (χ2n) is 6.64. The molecule has 1 unspecified atom stereocenters. The Labute approximate surface area is 147 Å². The molecule has 1 aromatic carbocycles. The Kier molecular flexibility index (Phi) is 5.27. The molecule has 0 bridgehead atoms. The summed E-state index contributed by atoms with van der Waals surface area (Å²) in [6, 6.07) is 9.08. The number of hydrogen-bond acceptors (Lipinski definition) is 4. The average molecular weight is 365 g/mol. The van der Waals surface area contributed by atoms with Crippen LogP contribution in [0.1, 0.15) is 12.8 Å². The number of piperazine rings is 1. The summed E-state index contributed by atoms with van der Waals surface area (Å²) in [4.78, 5) is 28.0. The van der Waals surface area contributed by atoms with E-state index < -0.39 is 9.84 Å². The summed E-state index contributed by atoms with van der Waals surface area (Å²) >= 11 is 0. The Balaban J connectivity index is 1.45. The van der Waals surface area contributed by atoms with Gasteiger partial charge in [0.2, 0.25) is 5.91 Å². The van der Waals surface area contributed by atoms with Crippen LogP contribution < -0.4 is 5.32 Å². The van der Waals surface area contributed by atoms with E-state index in [0.717, 1.165) is 5.69 Å². The minimum atomic E-state index is -2.95. The van der Waals surface area contributed by atoms with Gasteiger partial charge in [-0.2, -0.15) is 0 Å². The number of anilines is 1. The molecule has 2 aliphatic heterocycles. The lowest BCUT2D eigenvalue weighted by Crippen LogP contribution is -2.51. The molecule has 0 spiro atoms. The molecule has 7 nitrogen and oxygen atoms in total. The number of amides is 3. The number of benzene rings is 1. The summed E-state index contributed by atoms with van der Waals surface area (Å²) in [6.07, 6.45) is 0.864. The molecular formula is C17H23N3O4S. The van der Waals surface area contributed by atoms with E-state index >= 15 is 0 Å². The molecule has 1 atom stereocenters. The molecule has 25 heavy (non-hydrogen) atoms. The fourth-order valence-corrected chi connectivity index (χ4v) is 5.15. The molecule has 3 amide bonds. The lowest BCUT2D eigenvalue weighted by molar-refractivity contribution is -0.133. The van der Waals surface area contributed by atoms with Gasteiger partial charge in [-0.3, -0.25) is 4.79 Å². The third-order valence-electron chi connectivity index (χ3n) is 4.73. The zero-order valence-corrected chi connectivity index (χ0v) is 14.9. The van der Waals surface area contributed by atoms with Crippen molar-refractivity contribution in [1.29, 1.82) is 0 Å². The number of rotatable bonds is 3. The number of nitrogens with one attached hydrogen (secondary N) is 1. The van der Waals surface area contributed by atoms with Gasteiger partial charge in [0.1, 0.15) is 0 Å². The monoisotopic (exact) mass is 365 g/mol. The Morgan fingerprint density at radius 3 is 2.28 bits per heavy atom. The Morgan fingerprint density at radius 1 is 1.04 bits per heavy atom. The maximum absolute atomic E-state index is 12.3. The second kappa shape index (κ2) is 7.43. The fourth-order valence-electron chi connectivity index (χ4n) is 3.29. The standard InChI is InChI=1S/C17H23N3O4S/c21-16(12-14-6-11-25(23,24)13-14)19-7-9-20(10-8-19)17(22)18-15-4-2-1-3-5-15/h1-5,14H,6-13H2,(H,18,22). The van der Waals surface area contributed by atoms with Gasteiger partial charge in [0.25, 0.3) is 0 Å². The molecule has 1 N–H and O–H groups in total. The van der Waals surface area contributed by atoms with Crippen LogP contribution in [-0.2, 0) is 14.6 Å². The van der Waals surface area contributed by atoms with Gasteiger partial charge < -0.3 is 15.1 Å². The molecule has 2 aliphatic rings. The van der Waals surface area contributed by atoms with Gasteiger partial charge in [0.05, 0.1) is 11.5 Å². The van der Waals surface area contributed by atoms with E-state index in [9.17, 15) is 18.0 Å². The third-order valence-corrected chi connectivity index (χ3v) is 6.57. The van der Waals surface area contributed by atoms with Crippen LogP contribution in [-0.4, -0.2) is 67.8 Å². The molecule has 2 saturated heterocycles. The zero-order valence-electron chi connectivity index (χ0n) is 14.1. The highest BCUT2D eigenvalue weighted by atomic mass is 32.2. The van der Waals surface area contributed by atoms with Gasteiger partial charge >= 0.3 is 6.03 Å². The normalized spacial score (nSPS) is 22.6. The summed E-state index contributed by atoms with van der Waals surface area (Å²) in [7, 11) is -2.95. The van der Waals surface area contributed by atoms with Crippen molar-refractivity contribution in [2.45, 2.75) is 12.8 Å². The predicted molar refractivity (Wildman–Crippen MR) is 95.0 cm³/mol. The van der Waals surface area contributed by atoms with Gasteiger partial charge in [0, 0.05) is 38.3 Å². The number of hydrogen-bond donors (Lipinski definition) is 1. The largest absolute Gasteiger partial charge is 0.339 e. The molecule has 2 fully saturated rings. The second-order valence-corrected chi connectivity index (χ2v) is 8.87. The van der Waals surface area contributed by atoms with Crippen LogP contribution in [0.3, 0.4) is 0 Å². The molecule has 0 radical (unpaired) electrons. The summed E-state index contributed by atoms with van der Waals surface area (Å²) < 4.78 is 23.0. The zero-order chi connectivity index (χ0) is 17.9. The summed E-state index contributed by atoms with van der Waals surface area (Å²) in [6.45, 7) is 1.93. The minimum Gasteiger partial charge on any atom is -0.339 e. The van der Waals surface area contributed by atoms with Crippen molar-refractivity contribution in [2.24, 2.45) is 5.92 Å². The lowest BCUT2D eigenvalue weighted by Gasteiger charge is -2.35. The topological polar surface area (TPSA) is 86.8 Å². The van der Waals surface area contributed by atoms with Gasteiger partial charge in [0.15, 0.2) is 9.84 Å². The van der Waals surface area contributed by atoms with Gasteiger partial charge in [-0.15, -0.1) is 0 Å². The van der Waals surface area contributed by atoms with Crippen LogP contribution >= 0.6 is 0 Å². The number of nitrogens with zero attached hydrogens (tertiary/aromatic N) is 2. The van der Waals surface area contributed by atoms with Crippen LogP contribution in [0.25, 0.3) is 0 Å². The van der Waals surface area contributed by atoms with E-state index in [1.807, 2.05) is 30.3 Å². The number of carbonyl (C=O) groups is 2. The van der Waals surface area contributed by atoms with Crippen molar-refractivity contribution < 1.29 is 18.0 Å². The first-order valence-electron chi connectivity index (χ1n) is 8.52. The van der Waals surface area contributed by atoms with Gasteiger partial charge in [-0.05, 0) is 24.5 Å². The molecule has 1 aromatic rings. The van der Waals surface area contributed by atoms with Crippen molar-refractivity contribution in [3.8, 4) is 0 Å².